The zero-order chi connectivity index (χ0) is 10.8. The van der Waals surface area contributed by atoms with E-state index in [1.165, 1.54) is 6.42 Å². The molecule has 0 aromatic carbocycles. The van der Waals surface area contributed by atoms with Gasteiger partial charge in [-0.05, 0) is 31.5 Å². The van der Waals surface area contributed by atoms with E-state index in [4.69, 9.17) is 4.52 Å². The minimum absolute atomic E-state index is 0. The summed E-state index contributed by atoms with van der Waals surface area (Å²) in [5, 5.41) is 7.33. The Balaban J connectivity index is 0.00000108. The van der Waals surface area contributed by atoms with E-state index in [0.29, 0.717) is 11.7 Å². The predicted molar refractivity (Wildman–Crippen MR) is 66.2 cm³/mol. The molecule has 2 aromatic rings. The quantitative estimate of drug-likeness (QED) is 0.860. The first-order chi connectivity index (χ1) is 7.93. The normalized spacial score (nSPS) is 19.9. The third kappa shape index (κ3) is 2.50. The molecule has 2 aromatic heterocycles. The Morgan fingerprint density at radius 2 is 2.35 bits per heavy atom. The van der Waals surface area contributed by atoms with Gasteiger partial charge >= 0.3 is 0 Å². The number of halogens is 1. The van der Waals surface area contributed by atoms with E-state index >= 15 is 0 Å². The molecule has 5 nitrogen and oxygen atoms in total. The van der Waals surface area contributed by atoms with Gasteiger partial charge in [-0.15, -0.1) is 12.4 Å². The van der Waals surface area contributed by atoms with Crippen molar-refractivity contribution in [2.75, 3.05) is 13.1 Å². The number of hydrogen-bond acceptors (Lipinski definition) is 4. The molecular weight excluding hydrogens is 240 g/mol. The van der Waals surface area contributed by atoms with E-state index in [9.17, 15) is 0 Å². The van der Waals surface area contributed by atoms with Crippen molar-refractivity contribution in [2.45, 2.75) is 18.8 Å². The molecule has 0 amide bonds. The molecule has 0 radical (unpaired) electrons. The van der Waals surface area contributed by atoms with Crippen molar-refractivity contribution in [3.8, 4) is 11.5 Å². The van der Waals surface area contributed by atoms with E-state index in [1.807, 2.05) is 18.3 Å². The molecule has 0 unspecified atom stereocenters. The van der Waals surface area contributed by atoms with Gasteiger partial charge in [0.05, 0.1) is 11.6 Å². The number of hydrogen-bond donors (Lipinski definition) is 2. The third-order valence-electron chi connectivity index (χ3n) is 2.93. The molecule has 1 saturated heterocycles. The summed E-state index contributed by atoms with van der Waals surface area (Å²) in [4.78, 5) is 7.50. The van der Waals surface area contributed by atoms with E-state index in [1.54, 1.807) is 0 Å². The number of piperidine rings is 1. The topological polar surface area (TPSA) is 66.7 Å². The first-order valence-electron chi connectivity index (χ1n) is 5.61. The van der Waals surface area contributed by atoms with Gasteiger partial charge in [0.1, 0.15) is 0 Å². The van der Waals surface area contributed by atoms with Crippen molar-refractivity contribution in [1.82, 2.24) is 20.4 Å². The first kappa shape index (κ1) is 12.1. The molecule has 2 N–H and O–H groups in total. The Labute approximate surface area is 105 Å². The molecule has 1 aliphatic rings. The third-order valence-corrected chi connectivity index (χ3v) is 2.93. The van der Waals surface area contributed by atoms with Crippen LogP contribution in [0.3, 0.4) is 0 Å². The summed E-state index contributed by atoms with van der Waals surface area (Å²) in [6.07, 6.45) is 4.15. The molecule has 0 spiro atoms. The molecule has 6 heteroatoms. The van der Waals surface area contributed by atoms with Crippen molar-refractivity contribution in [1.29, 1.82) is 0 Å². The SMILES string of the molecule is Cl.c1c[nH]c(-c2noc([C@H]3CCCNC3)n2)c1. The van der Waals surface area contributed by atoms with E-state index in [2.05, 4.69) is 20.4 Å². The summed E-state index contributed by atoms with van der Waals surface area (Å²) >= 11 is 0. The van der Waals surface area contributed by atoms with Crippen LogP contribution < -0.4 is 5.32 Å². The monoisotopic (exact) mass is 254 g/mol. The lowest BCUT2D eigenvalue weighted by molar-refractivity contribution is 0.322. The Kier molecular flexibility index (Phi) is 3.81. The number of aromatic nitrogens is 3. The standard InChI is InChI=1S/C11H14N4O.ClH/c1-3-8(7-12-5-1)11-14-10(15-16-11)9-4-2-6-13-9;/h2,4,6,8,12-13H,1,3,5,7H2;1H/t8-;/m0./s1. The number of rotatable bonds is 2. The molecule has 17 heavy (non-hydrogen) atoms. The van der Waals surface area contributed by atoms with Crippen LogP contribution in [0, 0.1) is 0 Å². The maximum atomic E-state index is 5.31. The second kappa shape index (κ2) is 5.33. The average molecular weight is 255 g/mol. The number of nitrogens with one attached hydrogen (secondary N) is 2. The lowest BCUT2D eigenvalue weighted by Crippen LogP contribution is -2.28. The highest BCUT2D eigenvalue weighted by Crippen LogP contribution is 2.23. The zero-order valence-electron chi connectivity index (χ0n) is 9.35. The Bertz CT molecular complexity index is 448. The summed E-state index contributed by atoms with van der Waals surface area (Å²) in [6.45, 7) is 2.03. The van der Waals surface area contributed by atoms with Gasteiger partial charge in [0.25, 0.3) is 0 Å². The second-order valence-corrected chi connectivity index (χ2v) is 4.08. The van der Waals surface area contributed by atoms with Crippen molar-refractivity contribution in [3.05, 3.63) is 24.2 Å². The number of aromatic amines is 1. The molecule has 1 atom stereocenters. The summed E-state index contributed by atoms with van der Waals surface area (Å²) in [5.74, 6) is 1.76. The Morgan fingerprint density at radius 3 is 3.06 bits per heavy atom. The van der Waals surface area contributed by atoms with Crippen molar-refractivity contribution < 1.29 is 4.52 Å². The summed E-state index contributed by atoms with van der Waals surface area (Å²) in [5.41, 5.74) is 0.902. The molecule has 3 heterocycles. The molecule has 3 rings (SSSR count). The van der Waals surface area contributed by atoms with Crippen molar-refractivity contribution in [3.63, 3.8) is 0 Å². The van der Waals surface area contributed by atoms with E-state index < -0.39 is 0 Å². The van der Waals surface area contributed by atoms with Crippen LogP contribution in [0.2, 0.25) is 0 Å². The minimum Gasteiger partial charge on any atom is -0.359 e. The van der Waals surface area contributed by atoms with Gasteiger partial charge in [0.15, 0.2) is 0 Å². The Hall–Kier alpha value is -1.33. The predicted octanol–water partition coefficient (Wildman–Crippen LogP) is 1.95. The summed E-state index contributed by atoms with van der Waals surface area (Å²) in [6, 6.07) is 3.86. The fourth-order valence-electron chi connectivity index (χ4n) is 2.04. The lowest BCUT2D eigenvalue weighted by Gasteiger charge is -2.18. The lowest BCUT2D eigenvalue weighted by atomic mass is 10.00. The van der Waals surface area contributed by atoms with Crippen LogP contribution in [-0.2, 0) is 0 Å². The average Bonchev–Trinajstić information content (AvgIpc) is 3.01. The summed E-state index contributed by atoms with van der Waals surface area (Å²) < 4.78 is 5.31. The number of H-pyrrole nitrogens is 1. The van der Waals surface area contributed by atoms with Gasteiger partial charge in [0.2, 0.25) is 11.7 Å². The molecule has 1 fully saturated rings. The molecule has 92 valence electrons. The molecule has 1 aliphatic heterocycles. The highest BCUT2D eigenvalue weighted by atomic mass is 35.5. The molecular formula is C11H15ClN4O. The van der Waals surface area contributed by atoms with Gasteiger partial charge in [-0.3, -0.25) is 0 Å². The van der Waals surface area contributed by atoms with E-state index in [-0.39, 0.29) is 12.4 Å². The van der Waals surface area contributed by atoms with Crippen LogP contribution in [0.15, 0.2) is 22.9 Å². The van der Waals surface area contributed by atoms with Crippen LogP contribution in [-0.4, -0.2) is 28.2 Å². The van der Waals surface area contributed by atoms with Gasteiger partial charge < -0.3 is 14.8 Å². The molecule has 0 bridgehead atoms. The highest BCUT2D eigenvalue weighted by molar-refractivity contribution is 5.85. The first-order valence-corrected chi connectivity index (χ1v) is 5.61. The Morgan fingerprint density at radius 1 is 1.41 bits per heavy atom. The van der Waals surface area contributed by atoms with E-state index in [0.717, 1.165) is 31.1 Å². The van der Waals surface area contributed by atoms with Gasteiger partial charge in [-0.25, -0.2) is 0 Å². The highest BCUT2D eigenvalue weighted by Gasteiger charge is 2.21. The molecule has 0 aliphatic carbocycles. The molecule has 0 saturated carbocycles. The van der Waals surface area contributed by atoms with Crippen LogP contribution in [0.5, 0.6) is 0 Å². The zero-order valence-corrected chi connectivity index (χ0v) is 10.2. The summed E-state index contributed by atoms with van der Waals surface area (Å²) in [7, 11) is 0. The van der Waals surface area contributed by atoms with Crippen LogP contribution in [0.25, 0.3) is 11.5 Å². The van der Waals surface area contributed by atoms with Gasteiger partial charge in [-0.2, -0.15) is 4.98 Å². The van der Waals surface area contributed by atoms with Crippen molar-refractivity contribution in [2.24, 2.45) is 0 Å². The largest absolute Gasteiger partial charge is 0.359 e. The fraction of sp³-hybridized carbons (Fsp3) is 0.455. The van der Waals surface area contributed by atoms with Gasteiger partial charge in [0, 0.05) is 12.7 Å². The number of nitrogens with zero attached hydrogens (tertiary/aromatic N) is 2. The van der Waals surface area contributed by atoms with Crippen LogP contribution in [0.1, 0.15) is 24.7 Å². The maximum Gasteiger partial charge on any atom is 0.231 e. The minimum atomic E-state index is 0. The van der Waals surface area contributed by atoms with Crippen molar-refractivity contribution >= 4 is 12.4 Å². The fourth-order valence-corrected chi connectivity index (χ4v) is 2.04. The maximum absolute atomic E-state index is 5.31. The second-order valence-electron chi connectivity index (χ2n) is 4.08. The van der Waals surface area contributed by atoms with Crippen LogP contribution in [0.4, 0.5) is 0 Å². The van der Waals surface area contributed by atoms with Crippen LogP contribution >= 0.6 is 12.4 Å². The smallest absolute Gasteiger partial charge is 0.231 e. The van der Waals surface area contributed by atoms with Gasteiger partial charge in [-0.1, -0.05) is 5.16 Å².